The van der Waals surface area contributed by atoms with Gasteiger partial charge in [-0.2, -0.15) is 5.26 Å². The molecule has 1 aromatic heterocycles. The number of thiophene rings is 1. The number of benzene rings is 2. The van der Waals surface area contributed by atoms with Crippen LogP contribution in [0, 0.1) is 23.0 Å². The Morgan fingerprint density at radius 2 is 2.14 bits per heavy atom. The molecule has 230 valence electrons. The maximum absolute atomic E-state index is 16.8. The van der Waals surface area contributed by atoms with Gasteiger partial charge in [0.05, 0.1) is 44.8 Å². The Labute approximate surface area is 257 Å². The van der Waals surface area contributed by atoms with Crippen LogP contribution in [0.15, 0.2) is 29.3 Å². The highest BCUT2D eigenvalue weighted by molar-refractivity contribution is 7.23. The highest BCUT2D eigenvalue weighted by Gasteiger charge is 2.49. The van der Waals surface area contributed by atoms with Gasteiger partial charge in [0.15, 0.2) is 11.6 Å². The minimum atomic E-state index is -2.80. The molecule has 0 unspecified atom stereocenters. The summed E-state index contributed by atoms with van der Waals surface area (Å²) in [5, 5.41) is 12.8. The number of nitrogen functional groups attached to an aromatic ring is 1. The van der Waals surface area contributed by atoms with Crippen LogP contribution in [0.4, 0.5) is 32.6 Å². The highest BCUT2D eigenvalue weighted by atomic mass is 35.5. The van der Waals surface area contributed by atoms with Crippen molar-refractivity contribution >= 4 is 49.5 Å². The van der Waals surface area contributed by atoms with Crippen LogP contribution in [0.3, 0.4) is 0 Å². The second-order valence-corrected chi connectivity index (χ2v) is 12.5. The van der Waals surface area contributed by atoms with E-state index in [1.54, 1.807) is 0 Å². The van der Waals surface area contributed by atoms with Crippen LogP contribution in [0.1, 0.15) is 30.4 Å². The summed E-state index contributed by atoms with van der Waals surface area (Å²) in [6.07, 6.45) is -0.866. The molecule has 0 aliphatic carbocycles. The quantitative estimate of drug-likeness (QED) is 0.297. The number of aliphatic imine (C=N–C) groups is 1. The van der Waals surface area contributed by atoms with Crippen LogP contribution in [0.2, 0.25) is 5.02 Å². The first kappa shape index (κ1) is 28.9. The summed E-state index contributed by atoms with van der Waals surface area (Å²) >= 11 is 7.67. The average molecular weight is 651 g/mol. The van der Waals surface area contributed by atoms with Crippen LogP contribution in [-0.2, 0) is 4.74 Å². The third-order valence-electron chi connectivity index (χ3n) is 8.56. The number of hydrogen-bond donors (Lipinski definition) is 2. The number of halogens is 6. The fourth-order valence-electron chi connectivity index (χ4n) is 6.72. The normalized spacial score (nSPS) is 22.6. The summed E-state index contributed by atoms with van der Waals surface area (Å²) in [5.41, 5.74) is 5.38. The molecule has 2 aromatic carbocycles. The van der Waals surface area contributed by atoms with Crippen LogP contribution in [0.5, 0.6) is 5.75 Å². The SMILES string of the molecule is N#Cc1c(N)sc2c(F)ccc(-c3c(F)c4c5c(c3Cl)NCN=C5N(CC(F)F)C=C(OC[C@@]35CCCN3C[C@H](F)C5)O4)c12. The van der Waals surface area contributed by atoms with E-state index in [1.165, 1.54) is 12.3 Å². The van der Waals surface area contributed by atoms with Crippen LogP contribution < -0.4 is 15.8 Å². The van der Waals surface area contributed by atoms with Crippen molar-refractivity contribution in [1.29, 1.82) is 5.26 Å². The topological polar surface area (TPSA) is 99.1 Å². The number of fused-ring (bicyclic) bond motifs is 2. The standard InChI is InChI=1S/C29H24ClF5N6O2S/c30-22-20(14-2-3-16(32)26-19(14)15(7-36)27(37)44-26)23(35)25-21-24(22)38-12-39-28(21)40(9-17(33)34)10-18(43-25)42-11-29-4-1-5-41(29)8-13(31)6-29/h2-3,10,13,17,38H,1,4-6,8-9,11-12,37H2/t13-,29+/m1/s1. The molecule has 4 aliphatic rings. The monoisotopic (exact) mass is 650 g/mol. The van der Waals surface area contributed by atoms with E-state index in [2.05, 4.69) is 10.3 Å². The molecule has 3 aromatic rings. The smallest absolute Gasteiger partial charge is 0.302 e. The Balaban J connectivity index is 1.39. The van der Waals surface area contributed by atoms with E-state index in [1.807, 2.05) is 11.0 Å². The number of anilines is 2. The van der Waals surface area contributed by atoms with Gasteiger partial charge >= 0.3 is 5.95 Å². The molecule has 2 atom stereocenters. The molecular weight excluding hydrogens is 627 g/mol. The van der Waals surface area contributed by atoms with E-state index in [9.17, 15) is 22.8 Å². The summed E-state index contributed by atoms with van der Waals surface area (Å²) in [7, 11) is 0. The van der Waals surface area contributed by atoms with E-state index >= 15 is 4.39 Å². The Morgan fingerprint density at radius 1 is 1.32 bits per heavy atom. The molecule has 4 aliphatic heterocycles. The molecule has 2 fully saturated rings. The third kappa shape index (κ3) is 4.43. The molecule has 7 rings (SSSR count). The largest absolute Gasteiger partial charge is 0.462 e. The molecular formula is C29H24ClF5N6O2S. The molecule has 0 bridgehead atoms. The zero-order valence-electron chi connectivity index (χ0n) is 22.9. The molecule has 0 amide bonds. The van der Waals surface area contributed by atoms with E-state index in [0.29, 0.717) is 13.0 Å². The second-order valence-electron chi connectivity index (χ2n) is 11.1. The van der Waals surface area contributed by atoms with E-state index in [0.717, 1.165) is 28.7 Å². The Kier molecular flexibility index (Phi) is 7.02. The fourth-order valence-corrected chi connectivity index (χ4v) is 8.01. The molecule has 5 heterocycles. The molecule has 8 nitrogen and oxygen atoms in total. The third-order valence-corrected chi connectivity index (χ3v) is 9.96. The van der Waals surface area contributed by atoms with Crippen molar-refractivity contribution in [3.05, 3.63) is 52.1 Å². The summed E-state index contributed by atoms with van der Waals surface area (Å²) in [5.74, 6) is -2.38. The minimum Gasteiger partial charge on any atom is -0.462 e. The first-order valence-corrected chi connectivity index (χ1v) is 15.0. The van der Waals surface area contributed by atoms with Gasteiger partial charge in [0.2, 0.25) is 0 Å². The van der Waals surface area contributed by atoms with Gasteiger partial charge in [-0.15, -0.1) is 11.3 Å². The molecule has 2 saturated heterocycles. The average Bonchev–Trinajstić information content (AvgIpc) is 3.59. The van der Waals surface area contributed by atoms with E-state index in [-0.39, 0.29) is 86.1 Å². The number of nitrogens with one attached hydrogen (secondary N) is 1. The molecule has 15 heteroatoms. The van der Waals surface area contributed by atoms with Crippen molar-refractivity contribution in [2.75, 3.05) is 44.0 Å². The van der Waals surface area contributed by atoms with Crippen molar-refractivity contribution in [2.45, 2.75) is 37.4 Å². The van der Waals surface area contributed by atoms with Crippen molar-refractivity contribution in [1.82, 2.24) is 9.80 Å². The molecule has 0 spiro atoms. The van der Waals surface area contributed by atoms with Crippen molar-refractivity contribution < 1.29 is 31.4 Å². The lowest BCUT2D eigenvalue weighted by molar-refractivity contribution is 0.0253. The van der Waals surface area contributed by atoms with E-state index in [4.69, 9.17) is 26.8 Å². The summed E-state index contributed by atoms with van der Waals surface area (Å²) < 4.78 is 85.7. The maximum Gasteiger partial charge on any atom is 0.302 e. The zero-order chi connectivity index (χ0) is 30.9. The molecule has 0 radical (unpaired) electrons. The maximum atomic E-state index is 16.8. The number of rotatable bonds is 6. The highest BCUT2D eigenvalue weighted by Crippen LogP contribution is 2.51. The van der Waals surface area contributed by atoms with Crippen molar-refractivity contribution in [3.8, 4) is 22.9 Å². The van der Waals surface area contributed by atoms with Gasteiger partial charge < -0.3 is 25.4 Å². The summed E-state index contributed by atoms with van der Waals surface area (Å²) in [6.45, 7) is 0.0815. The molecule has 3 N–H and O–H groups in total. The lowest BCUT2D eigenvalue weighted by Gasteiger charge is -2.31. The van der Waals surface area contributed by atoms with Gasteiger partial charge in [-0.25, -0.2) is 26.9 Å². The first-order valence-electron chi connectivity index (χ1n) is 13.8. The van der Waals surface area contributed by atoms with Gasteiger partial charge in [0.25, 0.3) is 6.43 Å². The van der Waals surface area contributed by atoms with Crippen molar-refractivity contribution in [2.24, 2.45) is 4.99 Å². The van der Waals surface area contributed by atoms with Crippen LogP contribution in [-0.4, -0.2) is 66.7 Å². The Bertz CT molecular complexity index is 1810. The first-order chi connectivity index (χ1) is 21.1. The Hall–Kier alpha value is -3.80. The number of nitrogens with two attached hydrogens (primary N) is 1. The number of alkyl halides is 3. The zero-order valence-corrected chi connectivity index (χ0v) is 24.5. The number of ether oxygens (including phenoxy) is 2. The number of nitriles is 1. The number of hydrogen-bond acceptors (Lipinski definition) is 9. The van der Waals surface area contributed by atoms with Gasteiger partial charge in [-0.05, 0) is 31.0 Å². The van der Waals surface area contributed by atoms with E-state index < -0.39 is 42.1 Å². The predicted molar refractivity (Wildman–Crippen MR) is 157 cm³/mol. The van der Waals surface area contributed by atoms with Gasteiger partial charge in [-0.3, -0.25) is 4.90 Å². The molecule has 0 saturated carbocycles. The number of amidine groups is 1. The van der Waals surface area contributed by atoms with Crippen LogP contribution in [0.25, 0.3) is 21.2 Å². The Morgan fingerprint density at radius 3 is 2.91 bits per heavy atom. The predicted octanol–water partition coefficient (Wildman–Crippen LogP) is 6.43. The lowest BCUT2D eigenvalue weighted by atomic mass is 9.94. The minimum absolute atomic E-state index is 0.00491. The molecule has 44 heavy (non-hydrogen) atoms. The number of nitrogens with zero attached hydrogens (tertiary/aromatic N) is 4. The van der Waals surface area contributed by atoms with Gasteiger partial charge in [0, 0.05) is 23.9 Å². The summed E-state index contributed by atoms with van der Waals surface area (Å²) in [4.78, 5) is 7.47. The van der Waals surface area contributed by atoms with Crippen LogP contribution >= 0.6 is 22.9 Å². The summed E-state index contributed by atoms with van der Waals surface area (Å²) in [6, 6.07) is 4.37. The van der Waals surface area contributed by atoms with Gasteiger partial charge in [0.1, 0.15) is 42.2 Å². The van der Waals surface area contributed by atoms with Gasteiger partial charge in [-0.1, -0.05) is 17.7 Å². The second kappa shape index (κ2) is 10.7. The lowest BCUT2D eigenvalue weighted by Crippen LogP contribution is -2.42. The fraction of sp³-hybridized carbons (Fsp3) is 0.379. The van der Waals surface area contributed by atoms with Crippen molar-refractivity contribution in [3.63, 3.8) is 0 Å².